The van der Waals surface area contributed by atoms with E-state index in [0.29, 0.717) is 35.2 Å². The molecular weight excluding hydrogens is 641 g/mol. The Labute approximate surface area is 298 Å². The Morgan fingerprint density at radius 1 is 0.269 bits per heavy atom. The van der Waals surface area contributed by atoms with Gasteiger partial charge in [-0.1, -0.05) is 158 Å². The summed E-state index contributed by atoms with van der Waals surface area (Å²) < 4.78 is 4.31. The van der Waals surface area contributed by atoms with Crippen LogP contribution in [0.2, 0.25) is 0 Å². The van der Waals surface area contributed by atoms with Crippen LogP contribution >= 0.6 is 0 Å². The summed E-state index contributed by atoms with van der Waals surface area (Å²) in [7, 11) is 0. The van der Waals surface area contributed by atoms with Crippen molar-refractivity contribution in [3.8, 4) is 57.4 Å². The summed E-state index contributed by atoms with van der Waals surface area (Å²) in [5.74, 6) is 3.42. The molecule has 0 aliphatic heterocycles. The lowest BCUT2D eigenvalue weighted by atomic mass is 10.2. The zero-order valence-electron chi connectivity index (χ0n) is 27.7. The monoisotopic (exact) mass is 668 g/mol. The first-order valence-corrected chi connectivity index (χ1v) is 17.1. The number of benzene rings is 6. The predicted molar refractivity (Wildman–Crippen MR) is 206 cm³/mol. The molecule has 0 unspecified atom stereocenters. The lowest BCUT2D eigenvalue weighted by molar-refractivity contribution is 0.949. The minimum Gasteiger partial charge on any atom is -0.276 e. The fourth-order valence-electron chi connectivity index (χ4n) is 6.90. The molecule has 8 heteroatoms. The molecule has 0 radical (unpaired) electrons. The maximum absolute atomic E-state index is 5.16. The second kappa shape index (κ2) is 12.2. The molecule has 6 aromatic carbocycles. The molecule has 0 bridgehead atoms. The van der Waals surface area contributed by atoms with Crippen LogP contribution < -0.4 is 0 Å². The van der Waals surface area contributed by atoms with Crippen LogP contribution in [-0.4, -0.2) is 39.0 Å². The first-order chi connectivity index (χ1) is 25.8. The lowest BCUT2D eigenvalue weighted by Crippen LogP contribution is -2.06. The van der Waals surface area contributed by atoms with Gasteiger partial charge in [0, 0.05) is 33.0 Å². The Morgan fingerprint density at radius 3 is 0.846 bits per heavy atom. The summed E-state index contributed by atoms with van der Waals surface area (Å²) in [4.78, 5) is 30.6. The SMILES string of the molecule is c1ccc(-c2nc(-c3ccccc3)nc(-n3c4ccccc4c4c3c3ccccc3n4-c3nc(-c4ccccc4)nc(-c4ccccc4)n3)n2)cc1. The molecule has 52 heavy (non-hydrogen) atoms. The maximum Gasteiger partial charge on any atom is 0.238 e. The van der Waals surface area contributed by atoms with E-state index in [1.165, 1.54) is 0 Å². The third-order valence-corrected chi connectivity index (χ3v) is 9.25. The van der Waals surface area contributed by atoms with E-state index in [0.717, 1.165) is 55.1 Å². The molecule has 0 N–H and O–H groups in total. The average molecular weight is 669 g/mol. The van der Waals surface area contributed by atoms with Gasteiger partial charge in [0.15, 0.2) is 23.3 Å². The third-order valence-electron chi connectivity index (χ3n) is 9.25. The molecule has 8 nitrogen and oxygen atoms in total. The van der Waals surface area contributed by atoms with Crippen molar-refractivity contribution in [3.63, 3.8) is 0 Å². The number of rotatable bonds is 6. The second-order valence-electron chi connectivity index (χ2n) is 12.4. The van der Waals surface area contributed by atoms with E-state index < -0.39 is 0 Å². The first kappa shape index (κ1) is 29.6. The molecule has 10 rings (SSSR count). The quantitative estimate of drug-likeness (QED) is 0.175. The number of hydrogen-bond acceptors (Lipinski definition) is 6. The Hall–Kier alpha value is -7.32. The summed E-state index contributed by atoms with van der Waals surface area (Å²) in [6.07, 6.45) is 0. The average Bonchev–Trinajstić information content (AvgIpc) is 3.75. The molecule has 0 atom stereocenters. The largest absolute Gasteiger partial charge is 0.276 e. The molecule has 4 heterocycles. The van der Waals surface area contributed by atoms with Crippen LogP contribution in [0, 0.1) is 0 Å². The van der Waals surface area contributed by atoms with Gasteiger partial charge in [-0.05, 0) is 12.1 Å². The maximum atomic E-state index is 5.16. The minimum atomic E-state index is 0.521. The van der Waals surface area contributed by atoms with Crippen molar-refractivity contribution >= 4 is 32.8 Å². The van der Waals surface area contributed by atoms with E-state index in [1.807, 2.05) is 133 Å². The van der Waals surface area contributed by atoms with Crippen LogP contribution in [0.3, 0.4) is 0 Å². The van der Waals surface area contributed by atoms with Gasteiger partial charge in [0.05, 0.1) is 22.1 Å². The highest BCUT2D eigenvalue weighted by molar-refractivity contribution is 6.19. The zero-order chi connectivity index (χ0) is 34.4. The molecular formula is C44H28N8. The summed E-state index contributed by atoms with van der Waals surface area (Å²) >= 11 is 0. The van der Waals surface area contributed by atoms with Crippen LogP contribution in [0.1, 0.15) is 0 Å². The molecule has 0 fully saturated rings. The summed E-state index contributed by atoms with van der Waals surface area (Å²) in [6.45, 7) is 0. The number of para-hydroxylation sites is 2. The van der Waals surface area contributed by atoms with E-state index in [-0.39, 0.29) is 0 Å². The van der Waals surface area contributed by atoms with Gasteiger partial charge in [-0.2, -0.15) is 19.9 Å². The molecule has 0 aliphatic rings. The summed E-state index contributed by atoms with van der Waals surface area (Å²) in [5.41, 5.74) is 7.44. The third kappa shape index (κ3) is 4.93. The van der Waals surface area contributed by atoms with E-state index in [2.05, 4.69) is 45.5 Å². The number of fused-ring (bicyclic) bond motifs is 5. The smallest absolute Gasteiger partial charge is 0.238 e. The fraction of sp³-hybridized carbons (Fsp3) is 0. The van der Waals surface area contributed by atoms with Crippen molar-refractivity contribution in [1.82, 2.24) is 39.0 Å². The molecule has 0 saturated carbocycles. The van der Waals surface area contributed by atoms with Crippen LogP contribution in [0.25, 0.3) is 90.3 Å². The van der Waals surface area contributed by atoms with Gasteiger partial charge in [0.25, 0.3) is 0 Å². The number of hydrogen-bond donors (Lipinski definition) is 0. The Balaban J connectivity index is 1.31. The molecule has 10 aromatic rings. The van der Waals surface area contributed by atoms with Gasteiger partial charge >= 0.3 is 0 Å². The summed E-state index contributed by atoms with van der Waals surface area (Å²) in [6, 6.07) is 56.9. The minimum absolute atomic E-state index is 0.521. The first-order valence-electron chi connectivity index (χ1n) is 17.1. The van der Waals surface area contributed by atoms with Crippen molar-refractivity contribution in [1.29, 1.82) is 0 Å². The van der Waals surface area contributed by atoms with Crippen LogP contribution in [0.15, 0.2) is 170 Å². The van der Waals surface area contributed by atoms with Crippen molar-refractivity contribution in [2.75, 3.05) is 0 Å². The van der Waals surface area contributed by atoms with E-state index in [4.69, 9.17) is 29.9 Å². The van der Waals surface area contributed by atoms with E-state index in [1.54, 1.807) is 0 Å². The van der Waals surface area contributed by atoms with Crippen molar-refractivity contribution in [2.45, 2.75) is 0 Å². The highest BCUT2D eigenvalue weighted by Gasteiger charge is 2.26. The van der Waals surface area contributed by atoms with Gasteiger partial charge in [0.1, 0.15) is 0 Å². The highest BCUT2D eigenvalue weighted by atomic mass is 15.2. The Bertz CT molecular complexity index is 2570. The van der Waals surface area contributed by atoms with Crippen LogP contribution in [0.4, 0.5) is 0 Å². The molecule has 4 aromatic heterocycles. The van der Waals surface area contributed by atoms with Gasteiger partial charge in [0.2, 0.25) is 11.9 Å². The Morgan fingerprint density at radius 2 is 0.538 bits per heavy atom. The number of nitrogens with zero attached hydrogens (tertiary/aromatic N) is 8. The van der Waals surface area contributed by atoms with Crippen molar-refractivity contribution in [2.24, 2.45) is 0 Å². The van der Waals surface area contributed by atoms with Gasteiger partial charge < -0.3 is 0 Å². The van der Waals surface area contributed by atoms with E-state index >= 15 is 0 Å². The van der Waals surface area contributed by atoms with Gasteiger partial charge in [-0.15, -0.1) is 0 Å². The standard InChI is InChI=1S/C44H28N8/c1-5-17-29(18-6-1)39-45-40(30-19-7-2-8-20-30)48-43(47-39)51-35-27-15-13-25-33(35)38-37(51)34-26-14-16-28-36(34)52(38)44-49-41(31-21-9-3-10-22-31)46-42(50-44)32-23-11-4-12-24-32/h1-28H. The number of aromatic nitrogens is 8. The fourth-order valence-corrected chi connectivity index (χ4v) is 6.90. The normalized spacial score (nSPS) is 11.5. The summed E-state index contributed by atoms with van der Waals surface area (Å²) in [5, 5.41) is 2.03. The molecule has 244 valence electrons. The molecule has 0 spiro atoms. The topological polar surface area (TPSA) is 87.2 Å². The second-order valence-corrected chi connectivity index (χ2v) is 12.4. The van der Waals surface area contributed by atoms with Crippen molar-refractivity contribution < 1.29 is 0 Å². The predicted octanol–water partition coefficient (Wildman–Crippen LogP) is 9.77. The van der Waals surface area contributed by atoms with Crippen LogP contribution in [-0.2, 0) is 0 Å². The van der Waals surface area contributed by atoms with Gasteiger partial charge in [-0.3, -0.25) is 9.13 Å². The van der Waals surface area contributed by atoms with E-state index in [9.17, 15) is 0 Å². The van der Waals surface area contributed by atoms with Crippen LogP contribution in [0.5, 0.6) is 0 Å². The lowest BCUT2D eigenvalue weighted by Gasteiger charge is -2.11. The zero-order valence-corrected chi connectivity index (χ0v) is 27.7. The molecule has 0 aliphatic carbocycles. The molecule has 0 saturated heterocycles. The Kier molecular flexibility index (Phi) is 6.95. The van der Waals surface area contributed by atoms with Crippen molar-refractivity contribution in [3.05, 3.63) is 170 Å². The molecule has 0 amide bonds. The highest BCUT2D eigenvalue weighted by Crippen LogP contribution is 2.40. The van der Waals surface area contributed by atoms with Gasteiger partial charge in [-0.25, -0.2) is 9.97 Å².